The van der Waals surface area contributed by atoms with E-state index in [2.05, 4.69) is 20.3 Å². The van der Waals surface area contributed by atoms with Crippen LogP contribution in [0.1, 0.15) is 28.3 Å². The Balaban J connectivity index is 2.26. The summed E-state index contributed by atoms with van der Waals surface area (Å²) in [6, 6.07) is 0. The van der Waals surface area contributed by atoms with Crippen LogP contribution < -0.4 is 5.32 Å². The molecule has 2 aromatic rings. The normalized spacial score (nSPS) is 10.8. The van der Waals surface area contributed by atoms with Gasteiger partial charge in [-0.15, -0.1) is 0 Å². The van der Waals surface area contributed by atoms with Gasteiger partial charge in [-0.2, -0.15) is 10.2 Å². The molecule has 2 heterocycles. The van der Waals surface area contributed by atoms with Crippen LogP contribution in [-0.2, 0) is 23.1 Å². The number of anilines is 1. The summed E-state index contributed by atoms with van der Waals surface area (Å²) in [5, 5.41) is 20.6. The molecular weight excluding hydrogens is 358 g/mol. The minimum absolute atomic E-state index is 0.0303. The summed E-state index contributed by atoms with van der Waals surface area (Å²) in [6.07, 6.45) is -1.96. The van der Waals surface area contributed by atoms with Gasteiger partial charge >= 0.3 is 11.7 Å². The quantitative estimate of drug-likeness (QED) is 0.457. The van der Waals surface area contributed by atoms with E-state index in [1.807, 2.05) is 0 Å². The van der Waals surface area contributed by atoms with Crippen LogP contribution in [-0.4, -0.2) is 43.5 Å². The molecule has 2 aromatic heterocycles. The predicted molar refractivity (Wildman–Crippen MR) is 81.8 cm³/mol. The molecule has 0 saturated heterocycles. The summed E-state index contributed by atoms with van der Waals surface area (Å²) in [5.41, 5.74) is -2.05. The van der Waals surface area contributed by atoms with Crippen LogP contribution in [0.5, 0.6) is 0 Å². The van der Waals surface area contributed by atoms with Crippen LogP contribution in [0.25, 0.3) is 0 Å². The average molecular weight is 372 g/mol. The van der Waals surface area contributed by atoms with Crippen LogP contribution in [0, 0.1) is 17.0 Å². The molecule has 0 aliphatic heterocycles. The van der Waals surface area contributed by atoms with Crippen LogP contribution in [0.4, 0.5) is 20.2 Å². The first-order chi connectivity index (χ1) is 12.2. The fourth-order valence-corrected chi connectivity index (χ4v) is 2.28. The lowest BCUT2D eigenvalue weighted by Crippen LogP contribution is -2.22. The molecule has 0 bridgehead atoms. The molecule has 0 aromatic carbocycles. The van der Waals surface area contributed by atoms with E-state index in [1.54, 1.807) is 0 Å². The highest BCUT2D eigenvalue weighted by Gasteiger charge is 2.31. The predicted octanol–water partition coefficient (Wildman–Crippen LogP) is 1.20. The lowest BCUT2D eigenvalue weighted by atomic mass is 10.3. The lowest BCUT2D eigenvalue weighted by Gasteiger charge is -2.07. The highest BCUT2D eigenvalue weighted by molar-refractivity contribution is 5.99. The lowest BCUT2D eigenvalue weighted by molar-refractivity contribution is -0.386. The number of rotatable bonds is 6. The Kier molecular flexibility index (Phi) is 5.28. The number of aryl methyl sites for hydroxylation is 1. The molecule has 2 rings (SSSR count). The smallest absolute Gasteiger partial charge is 0.358 e. The summed E-state index contributed by atoms with van der Waals surface area (Å²) in [6.45, 7) is 0.628. The van der Waals surface area contributed by atoms with E-state index in [9.17, 15) is 28.5 Å². The third-order valence-corrected chi connectivity index (χ3v) is 3.48. The molecule has 0 aliphatic carbocycles. The zero-order valence-electron chi connectivity index (χ0n) is 13.9. The topological polar surface area (TPSA) is 134 Å². The maximum Gasteiger partial charge on any atom is 0.358 e. The average Bonchev–Trinajstić information content (AvgIpc) is 3.07. The molecule has 26 heavy (non-hydrogen) atoms. The van der Waals surface area contributed by atoms with Crippen molar-refractivity contribution < 1.29 is 28.0 Å². The van der Waals surface area contributed by atoms with Crippen LogP contribution in [0.15, 0.2) is 6.20 Å². The number of esters is 1. The largest absolute Gasteiger partial charge is 0.464 e. The molecule has 140 valence electrons. The van der Waals surface area contributed by atoms with E-state index >= 15 is 0 Å². The number of nitrogens with one attached hydrogen (secondary N) is 1. The van der Waals surface area contributed by atoms with E-state index in [0.717, 1.165) is 11.8 Å². The van der Waals surface area contributed by atoms with E-state index in [4.69, 9.17) is 0 Å². The van der Waals surface area contributed by atoms with E-state index in [0.29, 0.717) is 0 Å². The summed E-state index contributed by atoms with van der Waals surface area (Å²) < 4.78 is 32.4. The van der Waals surface area contributed by atoms with Gasteiger partial charge in [-0.3, -0.25) is 24.3 Å². The summed E-state index contributed by atoms with van der Waals surface area (Å²) >= 11 is 0. The molecule has 1 N–H and O–H groups in total. The number of amides is 1. The van der Waals surface area contributed by atoms with E-state index in [-0.39, 0.29) is 17.1 Å². The zero-order chi connectivity index (χ0) is 19.6. The molecule has 0 spiro atoms. The maximum atomic E-state index is 12.9. The fourth-order valence-electron chi connectivity index (χ4n) is 2.28. The van der Waals surface area contributed by atoms with Crippen LogP contribution >= 0.6 is 0 Å². The van der Waals surface area contributed by atoms with Crippen molar-refractivity contribution in [3.8, 4) is 0 Å². The third-order valence-electron chi connectivity index (χ3n) is 3.48. The third kappa shape index (κ3) is 3.50. The van der Waals surface area contributed by atoms with Crippen LogP contribution in [0.2, 0.25) is 0 Å². The van der Waals surface area contributed by atoms with E-state index < -0.39 is 41.2 Å². The summed E-state index contributed by atoms with van der Waals surface area (Å²) in [4.78, 5) is 33.8. The molecule has 0 saturated carbocycles. The van der Waals surface area contributed by atoms with Gasteiger partial charge in [0, 0.05) is 7.05 Å². The SMILES string of the molecule is COC(=O)c1c(NC(=O)Cn2nc(C(F)F)c([N+](=O)[O-])c2C)cnn1C. The molecule has 11 nitrogen and oxygen atoms in total. The number of ether oxygens (including phenoxy) is 1. The first kappa shape index (κ1) is 19.0. The van der Waals surface area contributed by atoms with Crippen molar-refractivity contribution in [2.75, 3.05) is 12.4 Å². The summed E-state index contributed by atoms with van der Waals surface area (Å²) in [5.74, 6) is -1.49. The number of nitrogens with zero attached hydrogens (tertiary/aromatic N) is 5. The Labute approximate surface area is 144 Å². The number of aromatic nitrogens is 4. The summed E-state index contributed by atoms with van der Waals surface area (Å²) in [7, 11) is 2.61. The van der Waals surface area contributed by atoms with Gasteiger partial charge in [0.1, 0.15) is 12.2 Å². The van der Waals surface area contributed by atoms with Crippen molar-refractivity contribution in [2.45, 2.75) is 19.9 Å². The molecule has 0 atom stereocenters. The monoisotopic (exact) mass is 372 g/mol. The number of carbonyl (C=O) groups is 2. The maximum absolute atomic E-state index is 12.9. The Bertz CT molecular complexity index is 875. The minimum atomic E-state index is -3.16. The van der Waals surface area contributed by atoms with E-state index in [1.165, 1.54) is 24.9 Å². The van der Waals surface area contributed by atoms with Gasteiger partial charge in [0.15, 0.2) is 5.69 Å². The minimum Gasteiger partial charge on any atom is -0.464 e. The zero-order valence-corrected chi connectivity index (χ0v) is 13.9. The van der Waals surface area contributed by atoms with Gasteiger partial charge in [0.2, 0.25) is 11.6 Å². The van der Waals surface area contributed by atoms with Gasteiger partial charge < -0.3 is 10.1 Å². The van der Waals surface area contributed by atoms with Gasteiger partial charge in [0.05, 0.1) is 23.9 Å². The fraction of sp³-hybridized carbons (Fsp3) is 0.385. The second kappa shape index (κ2) is 7.25. The second-order valence-corrected chi connectivity index (χ2v) is 5.10. The number of hydrogen-bond donors (Lipinski definition) is 1. The van der Waals surface area contributed by atoms with Gasteiger partial charge in [-0.25, -0.2) is 13.6 Å². The van der Waals surface area contributed by atoms with Crippen molar-refractivity contribution in [3.05, 3.63) is 33.4 Å². The first-order valence-corrected chi connectivity index (χ1v) is 7.07. The molecule has 0 radical (unpaired) electrons. The molecule has 1 amide bonds. The van der Waals surface area contributed by atoms with Crippen molar-refractivity contribution >= 4 is 23.3 Å². The van der Waals surface area contributed by atoms with Crippen molar-refractivity contribution in [2.24, 2.45) is 7.05 Å². The van der Waals surface area contributed by atoms with Crippen LogP contribution in [0.3, 0.4) is 0 Å². The number of hydrogen-bond acceptors (Lipinski definition) is 7. The Hall–Kier alpha value is -3.38. The molecule has 0 aliphatic rings. The van der Waals surface area contributed by atoms with Gasteiger partial charge in [-0.05, 0) is 6.92 Å². The van der Waals surface area contributed by atoms with Gasteiger partial charge in [0.25, 0.3) is 6.43 Å². The van der Waals surface area contributed by atoms with Gasteiger partial charge in [-0.1, -0.05) is 0 Å². The standard InChI is InChI=1S/C13H14F2N6O5/c1-6-10(21(24)25)9(12(14)15)18-20(6)5-8(22)17-7-4-16-19(2)11(7)13(23)26-3/h4,12H,5H2,1-3H3,(H,17,22). The second-order valence-electron chi connectivity index (χ2n) is 5.10. The first-order valence-electron chi connectivity index (χ1n) is 7.07. The van der Waals surface area contributed by atoms with Crippen molar-refractivity contribution in [3.63, 3.8) is 0 Å². The number of carbonyl (C=O) groups excluding carboxylic acids is 2. The Morgan fingerprint density at radius 1 is 1.46 bits per heavy atom. The highest BCUT2D eigenvalue weighted by atomic mass is 19.3. The molecule has 0 fully saturated rings. The Morgan fingerprint density at radius 2 is 2.12 bits per heavy atom. The Morgan fingerprint density at radius 3 is 2.62 bits per heavy atom. The van der Waals surface area contributed by atoms with Crippen molar-refractivity contribution in [1.82, 2.24) is 19.6 Å². The number of alkyl halides is 2. The number of nitro groups is 1. The molecular formula is C13H14F2N6O5. The molecule has 13 heteroatoms. The number of halogens is 2. The molecule has 0 unspecified atom stereocenters. The highest BCUT2D eigenvalue weighted by Crippen LogP contribution is 2.30. The van der Waals surface area contributed by atoms with Crippen molar-refractivity contribution in [1.29, 1.82) is 0 Å². The number of methoxy groups -OCH3 is 1.